The van der Waals surface area contributed by atoms with Gasteiger partial charge in [-0.3, -0.25) is 4.79 Å². The smallest absolute Gasteiger partial charge is 0.198 e. The van der Waals surface area contributed by atoms with Crippen LogP contribution in [0.25, 0.3) is 0 Å². The maximum atomic E-state index is 12.2. The van der Waals surface area contributed by atoms with E-state index in [9.17, 15) is 4.79 Å². The van der Waals surface area contributed by atoms with E-state index >= 15 is 0 Å². The van der Waals surface area contributed by atoms with Gasteiger partial charge in [0.1, 0.15) is 0 Å². The molecule has 2 rings (SSSR count). The van der Waals surface area contributed by atoms with Crippen molar-refractivity contribution in [1.29, 1.82) is 0 Å². The summed E-state index contributed by atoms with van der Waals surface area (Å²) in [5.74, 6) is 0.141. The Labute approximate surface area is 128 Å². The molecule has 1 aliphatic rings. The molecule has 1 aromatic carbocycles. The van der Waals surface area contributed by atoms with E-state index in [2.05, 4.69) is 18.0 Å². The fourth-order valence-corrected chi connectivity index (χ4v) is 1.92. The first-order valence-corrected chi connectivity index (χ1v) is 5.63. The molecule has 1 fully saturated rings. The molecular weight excluding hydrogens is 289 g/mol. The average molecular weight is 306 g/mol. The first-order chi connectivity index (χ1) is 7.68. The van der Waals surface area contributed by atoms with Gasteiger partial charge in [0.2, 0.25) is 0 Å². The Kier molecular flexibility index (Phi) is 5.77. The van der Waals surface area contributed by atoms with Crippen molar-refractivity contribution in [2.75, 3.05) is 33.2 Å². The van der Waals surface area contributed by atoms with Gasteiger partial charge >= 0.3 is 0 Å². The minimum atomic E-state index is 0. The number of rotatable bonds is 1. The number of aryl methyl sites for hydroxylation is 1. The van der Waals surface area contributed by atoms with Crippen molar-refractivity contribution in [1.82, 2.24) is 9.80 Å². The van der Waals surface area contributed by atoms with E-state index in [4.69, 9.17) is 0 Å². The van der Waals surface area contributed by atoms with Gasteiger partial charge < -0.3 is 9.80 Å². The van der Waals surface area contributed by atoms with Crippen LogP contribution in [0.15, 0.2) is 18.2 Å². The molecule has 0 atom stereocenters. The average Bonchev–Trinajstić information content (AvgIpc) is 2.30. The molecule has 89 valence electrons. The van der Waals surface area contributed by atoms with Gasteiger partial charge in [-0.05, 0) is 7.05 Å². The van der Waals surface area contributed by atoms with E-state index in [1.54, 1.807) is 6.07 Å². The van der Waals surface area contributed by atoms with E-state index in [1.165, 1.54) is 0 Å². The summed E-state index contributed by atoms with van der Waals surface area (Å²) in [7, 11) is 2.09. The summed E-state index contributed by atoms with van der Waals surface area (Å²) in [6.07, 6.45) is 0. The van der Waals surface area contributed by atoms with Crippen LogP contribution in [0.3, 0.4) is 0 Å². The number of benzene rings is 1. The molecule has 4 heteroatoms. The minimum Gasteiger partial charge on any atom is -0.346 e. The molecule has 0 aromatic heterocycles. The number of amides is 1. The number of carbonyl (C=O) groups excluding carboxylic acids is 1. The number of carbonyl (C=O) groups is 1. The van der Waals surface area contributed by atoms with Gasteiger partial charge in [-0.1, -0.05) is 12.5 Å². The number of piperazine rings is 1. The van der Waals surface area contributed by atoms with Gasteiger partial charge in [-0.15, -0.1) is 5.56 Å². The van der Waals surface area contributed by atoms with Crippen molar-refractivity contribution < 1.29 is 37.5 Å². The van der Waals surface area contributed by atoms with Gasteiger partial charge in [-0.25, -0.2) is 0 Å². The molecule has 1 saturated heterocycles. The summed E-state index contributed by atoms with van der Waals surface area (Å²) in [6.45, 7) is 5.53. The van der Waals surface area contributed by atoms with Crippen LogP contribution in [-0.2, 0) is 32.7 Å². The second-order valence-electron chi connectivity index (χ2n) is 4.34. The maximum Gasteiger partial charge on any atom is 0.198 e. The minimum absolute atomic E-state index is 0. The van der Waals surface area contributed by atoms with Crippen LogP contribution < -0.4 is 0 Å². The van der Waals surface area contributed by atoms with Crippen molar-refractivity contribution in [3.63, 3.8) is 0 Å². The third kappa shape index (κ3) is 3.60. The van der Waals surface area contributed by atoms with Crippen molar-refractivity contribution in [2.45, 2.75) is 6.92 Å². The summed E-state index contributed by atoms with van der Waals surface area (Å²) in [4.78, 5) is 16.4. The molecule has 0 aliphatic carbocycles. The second-order valence-corrected chi connectivity index (χ2v) is 4.34. The number of likely N-dealkylation sites (N-methyl/N-ethyl adjacent to an activating group) is 1. The first kappa shape index (κ1) is 14.8. The normalized spacial score (nSPS) is 16.5. The molecule has 0 unspecified atom stereocenters. The van der Waals surface area contributed by atoms with E-state index in [1.807, 2.05) is 24.0 Å². The van der Waals surface area contributed by atoms with Gasteiger partial charge in [0.15, 0.2) is 5.91 Å². The fraction of sp³-hybridized carbons (Fsp3) is 0.462. The topological polar surface area (TPSA) is 23.6 Å². The summed E-state index contributed by atoms with van der Waals surface area (Å²) >= 11 is 0. The molecule has 0 bridgehead atoms. The van der Waals surface area contributed by atoms with Crippen LogP contribution in [0.1, 0.15) is 15.9 Å². The summed E-state index contributed by atoms with van der Waals surface area (Å²) in [5, 5.41) is 0. The Morgan fingerprint density at radius 3 is 2.53 bits per heavy atom. The van der Waals surface area contributed by atoms with Gasteiger partial charge in [-0.2, -0.15) is 24.3 Å². The van der Waals surface area contributed by atoms with Crippen molar-refractivity contribution in [3.05, 3.63) is 35.4 Å². The van der Waals surface area contributed by atoms with E-state index < -0.39 is 0 Å². The largest absolute Gasteiger partial charge is 0.346 e. The molecule has 1 heterocycles. The van der Waals surface area contributed by atoms with Crippen LogP contribution >= 0.6 is 0 Å². The SMILES string of the molecule is Cc1cc[c-]cc1C(=O)N1CCN(C)CC1.[Y]. The van der Waals surface area contributed by atoms with E-state index in [-0.39, 0.29) is 38.6 Å². The second kappa shape index (κ2) is 6.62. The maximum absolute atomic E-state index is 12.2. The van der Waals surface area contributed by atoms with Crippen molar-refractivity contribution in [3.8, 4) is 0 Å². The molecule has 0 saturated carbocycles. The molecular formula is C13H17N2OY-. The zero-order valence-corrected chi connectivity index (χ0v) is 13.3. The Balaban J connectivity index is 0.00000144. The summed E-state index contributed by atoms with van der Waals surface area (Å²) < 4.78 is 0. The molecule has 1 amide bonds. The molecule has 1 aromatic rings. The van der Waals surface area contributed by atoms with Crippen LogP contribution in [0.2, 0.25) is 0 Å². The summed E-state index contributed by atoms with van der Waals surface area (Å²) in [6, 6.07) is 8.54. The molecule has 0 spiro atoms. The van der Waals surface area contributed by atoms with Gasteiger partial charge in [0.25, 0.3) is 0 Å². The van der Waals surface area contributed by atoms with Crippen molar-refractivity contribution >= 4 is 5.91 Å². The molecule has 17 heavy (non-hydrogen) atoms. The number of hydrogen-bond acceptors (Lipinski definition) is 2. The van der Waals surface area contributed by atoms with Crippen LogP contribution in [0.5, 0.6) is 0 Å². The molecule has 0 N–H and O–H groups in total. The number of nitrogens with zero attached hydrogens (tertiary/aromatic N) is 2. The quantitative estimate of drug-likeness (QED) is 0.728. The Morgan fingerprint density at radius 2 is 1.94 bits per heavy atom. The summed E-state index contributed by atoms with van der Waals surface area (Å²) in [5.41, 5.74) is 1.81. The predicted octanol–water partition coefficient (Wildman–Crippen LogP) is 1.18. The Hall–Kier alpha value is -0.246. The molecule has 1 radical (unpaired) electrons. The van der Waals surface area contributed by atoms with E-state index in [0.29, 0.717) is 0 Å². The standard InChI is InChI=1S/C13H17N2O.Y/c1-11-5-3-4-6-12(11)13(16)15-9-7-14(2)8-10-15;/h3,5-6H,7-10H2,1-2H3;/q-1;. The Bertz CT molecular complexity index is 387. The predicted molar refractivity (Wildman–Crippen MR) is 63.4 cm³/mol. The Morgan fingerprint density at radius 1 is 1.29 bits per heavy atom. The third-order valence-electron chi connectivity index (χ3n) is 3.10. The van der Waals surface area contributed by atoms with Crippen LogP contribution in [0, 0.1) is 13.0 Å². The van der Waals surface area contributed by atoms with Gasteiger partial charge in [0, 0.05) is 58.9 Å². The monoisotopic (exact) mass is 306 g/mol. The molecule has 3 nitrogen and oxygen atoms in total. The molecule has 1 aliphatic heterocycles. The van der Waals surface area contributed by atoms with Crippen LogP contribution in [-0.4, -0.2) is 48.9 Å². The fourth-order valence-electron chi connectivity index (χ4n) is 1.92. The zero-order valence-electron chi connectivity index (χ0n) is 10.4. The number of hydrogen-bond donors (Lipinski definition) is 0. The zero-order chi connectivity index (χ0) is 11.5. The third-order valence-corrected chi connectivity index (χ3v) is 3.10. The van der Waals surface area contributed by atoms with E-state index in [0.717, 1.165) is 37.3 Å². The first-order valence-electron chi connectivity index (χ1n) is 5.63. The van der Waals surface area contributed by atoms with Crippen LogP contribution in [0.4, 0.5) is 0 Å². The van der Waals surface area contributed by atoms with Crippen molar-refractivity contribution in [2.24, 2.45) is 0 Å². The van der Waals surface area contributed by atoms with Gasteiger partial charge in [0.05, 0.1) is 0 Å².